The first-order valence-electron chi connectivity index (χ1n) is 31.2. The van der Waals surface area contributed by atoms with Crippen LogP contribution in [0.4, 0.5) is 57.0 Å². The summed E-state index contributed by atoms with van der Waals surface area (Å²) in [7, 11) is 0. The number of carbonyl (C=O) groups is 3. The first kappa shape index (κ1) is 69.5. The van der Waals surface area contributed by atoms with Gasteiger partial charge in [0.25, 0.3) is 16.7 Å². The molecule has 3 amide bonds. The molecule has 0 spiro atoms. The van der Waals surface area contributed by atoms with Crippen molar-refractivity contribution in [2.45, 2.75) is 115 Å². The van der Waals surface area contributed by atoms with Crippen molar-refractivity contribution >= 4 is 63.7 Å². The smallest absolute Gasteiger partial charge is 0.309 e. The van der Waals surface area contributed by atoms with Crippen LogP contribution in [0, 0.1) is 20.8 Å². The molecule has 12 aromatic rings. The van der Waals surface area contributed by atoms with Crippen LogP contribution in [-0.4, -0.2) is 125 Å². The molecule has 0 fully saturated rings. The Balaban J connectivity index is 0.000000138. The number of aryl methyl sites for hydroxylation is 6. The number of halogens is 10. The molecule has 6 N–H and O–H groups in total. The molecule has 9 aromatic heterocycles. The Labute approximate surface area is 577 Å². The van der Waals surface area contributed by atoms with Gasteiger partial charge < -0.3 is 30.9 Å². The fourth-order valence-electron chi connectivity index (χ4n) is 12.3. The van der Waals surface area contributed by atoms with E-state index in [-0.39, 0.29) is 103 Å². The molecule has 27 nitrogen and oxygen atoms in total. The van der Waals surface area contributed by atoms with Gasteiger partial charge in [-0.3, -0.25) is 28.8 Å². The Morgan fingerprint density at radius 3 is 1.00 bits per heavy atom. The molecule has 0 aliphatic carbocycles. The minimum atomic E-state index is -4.39. The van der Waals surface area contributed by atoms with E-state index in [9.17, 15) is 68.3 Å². The molecule has 3 aromatic carbocycles. The van der Waals surface area contributed by atoms with E-state index in [1.54, 1.807) is 70.2 Å². The summed E-state index contributed by atoms with van der Waals surface area (Å²) >= 11 is 6.12. The maximum absolute atomic E-state index is 13.2. The van der Waals surface area contributed by atoms with E-state index in [2.05, 4.69) is 91.1 Å². The second-order valence-corrected chi connectivity index (χ2v) is 25.4. The molecule has 0 bridgehead atoms. The third-order valence-electron chi connectivity index (χ3n) is 18.0. The van der Waals surface area contributed by atoms with Crippen LogP contribution in [0.5, 0.6) is 0 Å². The standard InChI is InChI=1S/C22H17ClF3N7O2.2C22H18F3N7O2/c1-10-7-11(3-4-12(10)23)21(2)15-17(32-20(21)35)30-16(31-19(15)34)14-8-33-18(27-9-28-33)13(29-14)5-6-22(24,25)26;2*1-11-3-5-12(6-4-11)21(2)15-17(31-20(21)34)29-16(30-19(15)33)14-9-32-18(26-10-27-32)13(28-14)7-8-22(23,24)25/h3-4,7-9H,5-6H2,1-2H3,(H2,30,31,32,34,35);2*3-6,9-10H,7-8H2,1-2H3,(H2,29,30,31,33,34)/t;21-;/m.0./s1. The van der Waals surface area contributed by atoms with Gasteiger partial charge in [0.1, 0.15) is 69.8 Å². The third kappa shape index (κ3) is 13.1. The number of nitrogens with one attached hydrogen (secondary N) is 6. The molecule has 0 saturated carbocycles. The number of amides is 3. The quantitative estimate of drug-likeness (QED) is 0.0620. The zero-order valence-electron chi connectivity index (χ0n) is 54.5. The molecular weight excluding hydrogens is 1390 g/mol. The Hall–Kier alpha value is -12.0. The third-order valence-corrected chi connectivity index (χ3v) is 18.4. The lowest BCUT2D eigenvalue weighted by Gasteiger charge is -2.22. The zero-order chi connectivity index (χ0) is 73.6. The number of aromatic amines is 3. The highest BCUT2D eigenvalue weighted by molar-refractivity contribution is 6.31. The molecule has 3 aliphatic rings. The number of fused-ring (bicyclic) bond motifs is 6. The Bertz CT molecular complexity index is 5410. The van der Waals surface area contributed by atoms with Gasteiger partial charge in [-0.25, -0.2) is 58.4 Å². The van der Waals surface area contributed by atoms with E-state index in [1.807, 2.05) is 38.1 Å². The van der Waals surface area contributed by atoms with E-state index in [0.29, 0.717) is 21.7 Å². The summed E-state index contributed by atoms with van der Waals surface area (Å²) in [6.07, 6.45) is -9.91. The van der Waals surface area contributed by atoms with Gasteiger partial charge in [-0.2, -0.15) is 54.8 Å². The topological polar surface area (TPSA) is 354 Å². The Kier molecular flexibility index (Phi) is 17.3. The maximum atomic E-state index is 13.2. The number of hydrogen-bond acceptors (Lipinski definition) is 18. The van der Waals surface area contributed by atoms with Gasteiger partial charge in [0.05, 0.1) is 52.4 Å². The molecule has 2 unspecified atom stereocenters. The van der Waals surface area contributed by atoms with Crippen LogP contribution < -0.4 is 32.6 Å². The number of nitrogens with zero attached hydrogens (tertiary/aromatic N) is 15. The molecule has 103 heavy (non-hydrogen) atoms. The van der Waals surface area contributed by atoms with Crippen LogP contribution in [0.2, 0.25) is 5.02 Å². The second kappa shape index (κ2) is 25.6. The van der Waals surface area contributed by atoms with Crippen LogP contribution in [0.3, 0.4) is 0 Å². The maximum Gasteiger partial charge on any atom is 0.389 e. The predicted octanol–water partition coefficient (Wildman–Crippen LogP) is 9.46. The molecule has 37 heteroatoms. The van der Waals surface area contributed by atoms with Crippen LogP contribution in [0.25, 0.3) is 51.5 Å². The van der Waals surface area contributed by atoms with Crippen molar-refractivity contribution in [1.82, 2.24) is 88.6 Å². The van der Waals surface area contributed by atoms with Gasteiger partial charge in [-0.15, -0.1) is 0 Å². The van der Waals surface area contributed by atoms with Crippen molar-refractivity contribution in [2.75, 3.05) is 16.0 Å². The first-order valence-corrected chi connectivity index (χ1v) is 31.6. The van der Waals surface area contributed by atoms with E-state index in [0.717, 1.165) is 16.7 Å². The summed E-state index contributed by atoms with van der Waals surface area (Å²) in [6.45, 7) is 10.5. The van der Waals surface area contributed by atoms with E-state index >= 15 is 0 Å². The largest absolute Gasteiger partial charge is 0.389 e. The van der Waals surface area contributed by atoms with Gasteiger partial charge in [0, 0.05) is 43.5 Å². The Morgan fingerprint density at radius 2 is 0.709 bits per heavy atom. The molecule has 0 radical (unpaired) electrons. The first-order chi connectivity index (χ1) is 48.6. The average Bonchev–Trinajstić information content (AvgIpc) is 1.62. The fraction of sp³-hybridized carbons (Fsp3) is 0.273. The summed E-state index contributed by atoms with van der Waals surface area (Å²) in [6, 6.07) is 19.6. The van der Waals surface area contributed by atoms with Crippen molar-refractivity contribution in [3.05, 3.63) is 208 Å². The normalized spacial score (nSPS) is 17.7. The molecule has 0 saturated heterocycles. The van der Waals surface area contributed by atoms with E-state index < -0.39 is 108 Å². The van der Waals surface area contributed by atoms with Crippen molar-refractivity contribution in [1.29, 1.82) is 0 Å². The van der Waals surface area contributed by atoms with Crippen LogP contribution in [0.1, 0.15) is 107 Å². The predicted molar refractivity (Wildman–Crippen MR) is 351 cm³/mol. The SMILES string of the molecule is Cc1cc(C2(C)C(=O)Nc3nc(-c4cn5ncnc5c(CCC(F)(F)F)n4)[nH]c(=O)c32)ccc1Cl.Cc1ccc(C2(C)C(=O)Nc3nc(-c4cn5ncnc5c(CCC(F)(F)F)n4)[nH]c(=O)c32)cc1.Cc1ccc([C@]2(C)C(=O)Nc3nc(-c4cn5ncnc5c(CCC(F)(F)F)n4)[nH]c(=O)c32)cc1. The van der Waals surface area contributed by atoms with Crippen molar-refractivity contribution in [3.8, 4) is 34.6 Å². The molecule has 528 valence electrons. The van der Waals surface area contributed by atoms with Crippen molar-refractivity contribution < 1.29 is 53.9 Å². The lowest BCUT2D eigenvalue weighted by atomic mass is 9.77. The summed E-state index contributed by atoms with van der Waals surface area (Å²) < 4.78 is 119. The monoisotopic (exact) mass is 1440 g/mol. The van der Waals surface area contributed by atoms with Gasteiger partial charge in [-0.1, -0.05) is 83.4 Å². The Morgan fingerprint density at radius 1 is 0.417 bits per heavy atom. The number of alkyl halides is 9. The number of benzene rings is 3. The van der Waals surface area contributed by atoms with Crippen LogP contribution in [0.15, 0.2) is 119 Å². The lowest BCUT2D eigenvalue weighted by Crippen LogP contribution is -2.36. The van der Waals surface area contributed by atoms with E-state index in [4.69, 9.17) is 11.6 Å². The summed E-state index contributed by atoms with van der Waals surface area (Å²) in [5, 5.41) is 20.4. The summed E-state index contributed by atoms with van der Waals surface area (Å²) in [5.41, 5.74) is 0.396. The molecule has 15 rings (SSSR count). The minimum absolute atomic E-state index is 0.0112. The van der Waals surface area contributed by atoms with Crippen molar-refractivity contribution in [3.63, 3.8) is 0 Å². The average molecular weight is 1440 g/mol. The molecule has 3 atom stereocenters. The number of anilines is 3. The van der Waals surface area contributed by atoms with Crippen molar-refractivity contribution in [2.24, 2.45) is 0 Å². The molecule has 12 heterocycles. The second-order valence-electron chi connectivity index (χ2n) is 25.0. The number of aromatic nitrogens is 18. The fourth-order valence-corrected chi connectivity index (χ4v) is 12.5. The summed E-state index contributed by atoms with van der Waals surface area (Å²) in [4.78, 5) is 124. The van der Waals surface area contributed by atoms with Gasteiger partial charge in [0.15, 0.2) is 34.4 Å². The van der Waals surface area contributed by atoms with Gasteiger partial charge in [-0.05, 0) is 69.9 Å². The number of H-pyrrole nitrogens is 3. The highest BCUT2D eigenvalue weighted by atomic mass is 35.5. The molecule has 3 aliphatic heterocycles. The van der Waals surface area contributed by atoms with Gasteiger partial charge >= 0.3 is 18.5 Å². The zero-order valence-corrected chi connectivity index (χ0v) is 55.3. The van der Waals surface area contributed by atoms with Gasteiger partial charge in [0.2, 0.25) is 17.7 Å². The highest BCUT2D eigenvalue weighted by Gasteiger charge is 2.51. The lowest BCUT2D eigenvalue weighted by molar-refractivity contribution is -0.135. The highest BCUT2D eigenvalue weighted by Crippen LogP contribution is 2.44. The number of rotatable bonds is 12. The molecular formula is C66H53ClF9N21O6. The van der Waals surface area contributed by atoms with Crippen LogP contribution in [-0.2, 0) is 49.9 Å². The minimum Gasteiger partial charge on any atom is -0.309 e. The van der Waals surface area contributed by atoms with Crippen LogP contribution >= 0.6 is 11.6 Å². The number of carbonyl (C=O) groups excluding carboxylic acids is 3. The van der Waals surface area contributed by atoms with E-state index in [1.165, 1.54) is 51.1 Å². The number of hydrogen-bond donors (Lipinski definition) is 6. The summed E-state index contributed by atoms with van der Waals surface area (Å²) in [5.74, 6) is -1.13.